The summed E-state index contributed by atoms with van der Waals surface area (Å²) in [6.45, 7) is 1.08. The first kappa shape index (κ1) is 6.65. The molecule has 2 rings (SSSR count). The van der Waals surface area contributed by atoms with Crippen molar-refractivity contribution in [3.8, 4) is 0 Å². The third kappa shape index (κ3) is 1.93. The van der Waals surface area contributed by atoms with Crippen molar-refractivity contribution in [1.82, 2.24) is 4.98 Å². The van der Waals surface area contributed by atoms with Crippen molar-refractivity contribution in [2.75, 3.05) is 11.9 Å². The van der Waals surface area contributed by atoms with Crippen LogP contribution in [0.2, 0.25) is 0 Å². The van der Waals surface area contributed by atoms with Crippen LogP contribution < -0.4 is 5.32 Å². The minimum atomic E-state index is 0.904. The second-order valence-electron chi connectivity index (χ2n) is 2.97. The Morgan fingerprint density at radius 2 is 2.55 bits per heavy atom. The first-order valence-corrected chi connectivity index (χ1v) is 4.01. The maximum atomic E-state index is 4.11. The van der Waals surface area contributed by atoms with Crippen LogP contribution in [-0.2, 0) is 0 Å². The molecule has 57 valence electrons. The SMILES string of the molecule is [c]1ccc(NCC2CC2)nc1. The van der Waals surface area contributed by atoms with E-state index in [0.717, 1.165) is 18.3 Å². The van der Waals surface area contributed by atoms with Gasteiger partial charge in [-0.3, -0.25) is 0 Å². The molecule has 1 aliphatic rings. The van der Waals surface area contributed by atoms with Crippen molar-refractivity contribution in [1.29, 1.82) is 0 Å². The molecule has 2 nitrogen and oxygen atoms in total. The van der Waals surface area contributed by atoms with Gasteiger partial charge in [0, 0.05) is 18.8 Å². The summed E-state index contributed by atoms with van der Waals surface area (Å²) < 4.78 is 0. The van der Waals surface area contributed by atoms with Crippen LogP contribution in [0.5, 0.6) is 0 Å². The van der Waals surface area contributed by atoms with Crippen LogP contribution in [0.1, 0.15) is 12.8 Å². The van der Waals surface area contributed by atoms with Crippen LogP contribution in [-0.4, -0.2) is 11.5 Å². The highest BCUT2D eigenvalue weighted by atomic mass is 15.0. The summed E-state index contributed by atoms with van der Waals surface area (Å²) >= 11 is 0. The molecule has 0 aliphatic heterocycles. The number of hydrogen-bond donors (Lipinski definition) is 1. The first-order chi connectivity index (χ1) is 5.45. The zero-order valence-electron chi connectivity index (χ0n) is 6.38. The Morgan fingerprint density at radius 1 is 1.64 bits per heavy atom. The largest absolute Gasteiger partial charge is 0.370 e. The topological polar surface area (TPSA) is 24.9 Å². The predicted molar refractivity (Wildman–Crippen MR) is 44.3 cm³/mol. The van der Waals surface area contributed by atoms with Crippen molar-refractivity contribution >= 4 is 5.82 Å². The van der Waals surface area contributed by atoms with E-state index in [4.69, 9.17) is 0 Å². The average Bonchev–Trinajstić information content (AvgIpc) is 2.86. The standard InChI is InChI=1S/C9H11N2/c1-2-6-10-9(3-1)11-7-8-4-5-8/h1,3,6,8H,4-5,7H2,(H,10,11). The van der Waals surface area contributed by atoms with Crippen molar-refractivity contribution in [2.45, 2.75) is 12.8 Å². The smallest absolute Gasteiger partial charge is 0.125 e. The molecule has 1 radical (unpaired) electrons. The molecule has 1 aromatic rings. The third-order valence-corrected chi connectivity index (χ3v) is 1.88. The molecule has 0 spiro atoms. The number of nitrogens with one attached hydrogen (secondary N) is 1. The lowest BCUT2D eigenvalue weighted by Crippen LogP contribution is -2.03. The van der Waals surface area contributed by atoms with E-state index in [9.17, 15) is 0 Å². The van der Waals surface area contributed by atoms with Crippen LogP contribution in [0, 0.1) is 12.0 Å². The van der Waals surface area contributed by atoms with Gasteiger partial charge in [-0.1, -0.05) is 0 Å². The maximum Gasteiger partial charge on any atom is 0.125 e. The molecule has 0 saturated heterocycles. The Bertz CT molecular complexity index is 216. The lowest BCUT2D eigenvalue weighted by molar-refractivity contribution is 0.883. The maximum absolute atomic E-state index is 4.11. The van der Waals surface area contributed by atoms with Crippen LogP contribution in [0.3, 0.4) is 0 Å². The minimum Gasteiger partial charge on any atom is -0.370 e. The molecule has 11 heavy (non-hydrogen) atoms. The summed E-state index contributed by atoms with van der Waals surface area (Å²) in [5.74, 6) is 1.87. The van der Waals surface area contributed by atoms with Gasteiger partial charge in [-0.15, -0.1) is 0 Å². The van der Waals surface area contributed by atoms with Gasteiger partial charge in [0.1, 0.15) is 5.82 Å². The fraction of sp³-hybridized carbons (Fsp3) is 0.444. The summed E-state index contributed by atoms with van der Waals surface area (Å²) in [6.07, 6.45) is 4.45. The molecule has 1 N–H and O–H groups in total. The Kier molecular flexibility index (Phi) is 1.76. The lowest BCUT2D eigenvalue weighted by Gasteiger charge is -2.01. The lowest BCUT2D eigenvalue weighted by atomic mass is 10.4. The van der Waals surface area contributed by atoms with Gasteiger partial charge in [-0.05, 0) is 30.9 Å². The predicted octanol–water partition coefficient (Wildman–Crippen LogP) is 1.70. The van der Waals surface area contributed by atoms with E-state index in [0.29, 0.717) is 0 Å². The molecule has 2 heteroatoms. The van der Waals surface area contributed by atoms with E-state index in [2.05, 4.69) is 16.4 Å². The van der Waals surface area contributed by atoms with Crippen LogP contribution in [0.4, 0.5) is 5.82 Å². The molecule has 1 aliphatic carbocycles. The van der Waals surface area contributed by atoms with Gasteiger partial charge in [0.2, 0.25) is 0 Å². The van der Waals surface area contributed by atoms with Gasteiger partial charge >= 0.3 is 0 Å². The summed E-state index contributed by atoms with van der Waals surface area (Å²) in [6, 6.07) is 6.71. The zero-order chi connectivity index (χ0) is 7.52. The number of hydrogen-bond acceptors (Lipinski definition) is 2. The number of anilines is 1. The summed E-state index contributed by atoms with van der Waals surface area (Å²) in [7, 11) is 0. The van der Waals surface area contributed by atoms with E-state index in [-0.39, 0.29) is 0 Å². The van der Waals surface area contributed by atoms with Gasteiger partial charge in [0.25, 0.3) is 0 Å². The molecule has 1 heterocycles. The first-order valence-electron chi connectivity index (χ1n) is 4.01. The van der Waals surface area contributed by atoms with Crippen molar-refractivity contribution in [2.24, 2.45) is 5.92 Å². The molecule has 1 fully saturated rings. The van der Waals surface area contributed by atoms with E-state index >= 15 is 0 Å². The highest BCUT2D eigenvalue weighted by molar-refractivity contribution is 5.32. The Balaban J connectivity index is 1.85. The second-order valence-corrected chi connectivity index (χ2v) is 2.97. The molecule has 0 aromatic carbocycles. The van der Waals surface area contributed by atoms with Crippen molar-refractivity contribution < 1.29 is 0 Å². The normalized spacial score (nSPS) is 16.4. The fourth-order valence-electron chi connectivity index (χ4n) is 0.995. The number of pyridine rings is 1. The quantitative estimate of drug-likeness (QED) is 0.704. The number of aromatic nitrogens is 1. The van der Waals surface area contributed by atoms with Gasteiger partial charge < -0.3 is 5.32 Å². The molecule has 1 saturated carbocycles. The Morgan fingerprint density at radius 3 is 3.18 bits per heavy atom. The Labute approximate surface area is 66.7 Å². The molecule has 1 aromatic heterocycles. The summed E-state index contributed by atoms with van der Waals surface area (Å²) in [5, 5.41) is 3.28. The fourth-order valence-corrected chi connectivity index (χ4v) is 0.995. The zero-order valence-corrected chi connectivity index (χ0v) is 6.38. The van der Waals surface area contributed by atoms with E-state index in [1.54, 1.807) is 6.20 Å². The van der Waals surface area contributed by atoms with Crippen LogP contribution in [0.15, 0.2) is 18.3 Å². The molecule has 0 bridgehead atoms. The number of nitrogens with zero attached hydrogens (tertiary/aromatic N) is 1. The molecular weight excluding hydrogens is 136 g/mol. The van der Waals surface area contributed by atoms with Gasteiger partial charge in [-0.2, -0.15) is 0 Å². The van der Waals surface area contributed by atoms with Gasteiger partial charge in [-0.25, -0.2) is 4.98 Å². The van der Waals surface area contributed by atoms with E-state index in [1.165, 1.54) is 12.8 Å². The summed E-state index contributed by atoms with van der Waals surface area (Å²) in [4.78, 5) is 4.11. The average molecular weight is 147 g/mol. The third-order valence-electron chi connectivity index (χ3n) is 1.88. The monoisotopic (exact) mass is 147 g/mol. The van der Waals surface area contributed by atoms with Crippen molar-refractivity contribution in [3.05, 3.63) is 24.4 Å². The Hall–Kier alpha value is -1.05. The molecule has 0 unspecified atom stereocenters. The molecule has 0 atom stereocenters. The van der Waals surface area contributed by atoms with Crippen LogP contribution >= 0.6 is 0 Å². The minimum absolute atomic E-state index is 0.904. The second kappa shape index (κ2) is 2.91. The highest BCUT2D eigenvalue weighted by Crippen LogP contribution is 2.28. The van der Waals surface area contributed by atoms with Gasteiger partial charge in [0.05, 0.1) is 0 Å². The number of rotatable bonds is 3. The molecule has 0 amide bonds. The van der Waals surface area contributed by atoms with Crippen molar-refractivity contribution in [3.63, 3.8) is 0 Å². The van der Waals surface area contributed by atoms with E-state index < -0.39 is 0 Å². The van der Waals surface area contributed by atoms with E-state index in [1.807, 2.05) is 12.1 Å². The van der Waals surface area contributed by atoms with Gasteiger partial charge in [0.15, 0.2) is 0 Å². The van der Waals surface area contributed by atoms with Crippen LogP contribution in [0.25, 0.3) is 0 Å². The molecular formula is C9H11N2. The highest BCUT2D eigenvalue weighted by Gasteiger charge is 2.20. The summed E-state index contributed by atoms with van der Waals surface area (Å²) in [5.41, 5.74) is 0.